The van der Waals surface area contributed by atoms with Crippen molar-refractivity contribution in [2.75, 3.05) is 13.2 Å². The summed E-state index contributed by atoms with van der Waals surface area (Å²) in [5.74, 6) is 4.38. The van der Waals surface area contributed by atoms with E-state index in [9.17, 15) is 13.2 Å². The van der Waals surface area contributed by atoms with E-state index in [0.29, 0.717) is 13.0 Å². The van der Waals surface area contributed by atoms with Crippen molar-refractivity contribution in [1.82, 2.24) is 15.1 Å². The van der Waals surface area contributed by atoms with Crippen LogP contribution in [0.3, 0.4) is 0 Å². The largest absolute Gasteiger partial charge is 0.379 e. The molecular weight excluding hydrogens is 284 g/mol. The first-order valence-electron chi connectivity index (χ1n) is 6.17. The number of H-pyrrole nitrogens is 1. The zero-order valence-electron chi connectivity index (χ0n) is 11.5. The lowest BCUT2D eigenvalue weighted by molar-refractivity contribution is 0.0778. The number of aromatic nitrogens is 1. The highest BCUT2D eigenvalue weighted by molar-refractivity contribution is 7.89. The third-order valence-electron chi connectivity index (χ3n) is 2.41. The number of ether oxygens (including phenoxy) is 1. The fourth-order valence-corrected chi connectivity index (χ4v) is 2.49. The highest BCUT2D eigenvalue weighted by Crippen LogP contribution is 2.10. The Morgan fingerprint density at radius 3 is 2.80 bits per heavy atom. The first-order valence-corrected chi connectivity index (χ1v) is 7.65. The van der Waals surface area contributed by atoms with Crippen molar-refractivity contribution in [3.63, 3.8) is 0 Å². The van der Waals surface area contributed by atoms with Gasteiger partial charge in [0.2, 0.25) is 10.0 Å². The molecule has 1 amide bonds. The van der Waals surface area contributed by atoms with Crippen molar-refractivity contribution in [3.8, 4) is 0 Å². The summed E-state index contributed by atoms with van der Waals surface area (Å²) in [5.41, 5.74) is 1.99. The molecule has 0 aliphatic rings. The van der Waals surface area contributed by atoms with Crippen LogP contribution in [0.5, 0.6) is 0 Å². The Morgan fingerprint density at radius 1 is 1.50 bits per heavy atom. The van der Waals surface area contributed by atoms with Crippen LogP contribution in [0.1, 0.15) is 30.8 Å². The fraction of sp³-hybridized carbons (Fsp3) is 0.545. The van der Waals surface area contributed by atoms with Crippen LogP contribution in [0.2, 0.25) is 0 Å². The molecular formula is C11H20N4O4S. The molecule has 0 unspecified atom stereocenters. The topological polar surface area (TPSA) is 126 Å². The summed E-state index contributed by atoms with van der Waals surface area (Å²) in [4.78, 5) is 13.7. The number of carbonyl (C=O) groups excluding carboxylic acids is 1. The van der Waals surface area contributed by atoms with Crippen molar-refractivity contribution in [1.29, 1.82) is 0 Å². The minimum absolute atomic E-state index is 0.0131. The molecule has 0 saturated heterocycles. The quantitative estimate of drug-likeness (QED) is 0.227. The lowest BCUT2D eigenvalue weighted by Gasteiger charge is -2.08. The van der Waals surface area contributed by atoms with Crippen molar-refractivity contribution < 1.29 is 17.9 Å². The molecule has 0 bridgehead atoms. The Bertz CT molecular complexity index is 538. The van der Waals surface area contributed by atoms with Crippen molar-refractivity contribution in [2.45, 2.75) is 31.3 Å². The van der Waals surface area contributed by atoms with E-state index in [1.807, 2.05) is 19.3 Å². The maximum absolute atomic E-state index is 11.9. The van der Waals surface area contributed by atoms with Crippen LogP contribution >= 0.6 is 0 Å². The number of rotatable bonds is 8. The van der Waals surface area contributed by atoms with Gasteiger partial charge in [-0.15, -0.1) is 0 Å². The van der Waals surface area contributed by atoms with Gasteiger partial charge in [-0.25, -0.2) is 19.0 Å². The van der Waals surface area contributed by atoms with Gasteiger partial charge >= 0.3 is 0 Å². The fourth-order valence-electron chi connectivity index (χ4n) is 1.42. The summed E-state index contributed by atoms with van der Waals surface area (Å²) in [6.45, 7) is 4.56. The maximum Gasteiger partial charge on any atom is 0.281 e. The summed E-state index contributed by atoms with van der Waals surface area (Å²) in [5, 5.41) is 0. The molecule has 0 fully saturated rings. The molecule has 0 atom stereocenters. The van der Waals surface area contributed by atoms with Crippen LogP contribution in [0.15, 0.2) is 17.2 Å². The molecule has 114 valence electrons. The van der Waals surface area contributed by atoms with E-state index in [2.05, 4.69) is 9.71 Å². The molecule has 20 heavy (non-hydrogen) atoms. The number of hydrazine groups is 1. The second-order valence-corrected chi connectivity index (χ2v) is 6.16. The normalized spacial score (nSPS) is 11.8. The van der Waals surface area contributed by atoms with E-state index in [-0.39, 0.29) is 23.2 Å². The molecule has 1 aromatic rings. The average Bonchev–Trinajstić information content (AvgIpc) is 2.87. The monoisotopic (exact) mass is 304 g/mol. The molecule has 0 saturated carbocycles. The Labute approximate surface area is 118 Å². The number of nitrogens with one attached hydrogen (secondary N) is 3. The summed E-state index contributed by atoms with van der Waals surface area (Å²) in [7, 11) is -3.64. The third-order valence-corrected chi connectivity index (χ3v) is 3.85. The second-order valence-electron chi connectivity index (χ2n) is 4.39. The molecule has 0 aromatic carbocycles. The number of hydrogen-bond acceptors (Lipinski definition) is 5. The second kappa shape index (κ2) is 7.39. The average molecular weight is 304 g/mol. The van der Waals surface area contributed by atoms with Crippen LogP contribution in [-0.4, -0.2) is 38.6 Å². The lowest BCUT2D eigenvalue weighted by Crippen LogP contribution is -2.30. The van der Waals surface area contributed by atoms with E-state index < -0.39 is 15.9 Å². The first-order chi connectivity index (χ1) is 9.36. The van der Waals surface area contributed by atoms with E-state index in [0.717, 1.165) is 0 Å². The number of hydrogen-bond donors (Lipinski definition) is 4. The third kappa shape index (κ3) is 4.93. The number of nitrogen functional groups attached to an aromatic ring is 1. The molecule has 5 N–H and O–H groups in total. The number of aromatic amines is 1. The number of carbonyl (C=O) groups is 1. The zero-order chi connectivity index (χ0) is 15.2. The van der Waals surface area contributed by atoms with Crippen molar-refractivity contribution >= 4 is 15.9 Å². The Morgan fingerprint density at radius 2 is 2.20 bits per heavy atom. The molecule has 0 radical (unpaired) electrons. The van der Waals surface area contributed by atoms with Crippen LogP contribution in [0.25, 0.3) is 0 Å². The van der Waals surface area contributed by atoms with Gasteiger partial charge in [-0.1, -0.05) is 0 Å². The van der Waals surface area contributed by atoms with Gasteiger partial charge in [-0.3, -0.25) is 10.2 Å². The highest BCUT2D eigenvalue weighted by Gasteiger charge is 2.17. The summed E-state index contributed by atoms with van der Waals surface area (Å²) >= 11 is 0. The molecule has 0 aliphatic heterocycles. The summed E-state index contributed by atoms with van der Waals surface area (Å²) in [6, 6.07) is 1.22. The minimum Gasteiger partial charge on any atom is -0.379 e. The Balaban J connectivity index is 2.52. The number of sulfonamides is 1. The molecule has 8 nitrogen and oxygen atoms in total. The Hall–Kier alpha value is -1.42. The predicted molar refractivity (Wildman–Crippen MR) is 73.3 cm³/mol. The molecule has 9 heteroatoms. The van der Waals surface area contributed by atoms with Gasteiger partial charge in [-0.05, 0) is 26.3 Å². The molecule has 1 aromatic heterocycles. The van der Waals surface area contributed by atoms with Crippen LogP contribution < -0.4 is 16.0 Å². The standard InChI is InChI=1S/C11H20N4O4S/c1-8(2)19-5-3-4-14-20(17,18)9-6-10(13-7-9)11(16)15-12/h6-8,13-14H,3-5,12H2,1-2H3,(H,15,16). The summed E-state index contributed by atoms with van der Waals surface area (Å²) in [6.07, 6.45) is 1.92. The minimum atomic E-state index is -3.64. The van der Waals surface area contributed by atoms with Crippen LogP contribution in [0.4, 0.5) is 0 Å². The van der Waals surface area contributed by atoms with Gasteiger partial charge in [-0.2, -0.15) is 0 Å². The number of nitrogens with two attached hydrogens (primary N) is 1. The van der Waals surface area contributed by atoms with Gasteiger partial charge < -0.3 is 9.72 Å². The van der Waals surface area contributed by atoms with Gasteiger partial charge in [0.15, 0.2) is 0 Å². The van der Waals surface area contributed by atoms with E-state index >= 15 is 0 Å². The Kier molecular flexibility index (Phi) is 6.14. The smallest absolute Gasteiger partial charge is 0.281 e. The van der Waals surface area contributed by atoms with Gasteiger partial charge in [0.05, 0.1) is 6.10 Å². The van der Waals surface area contributed by atoms with E-state index in [1.165, 1.54) is 12.3 Å². The first kappa shape index (κ1) is 16.6. The number of amides is 1. The van der Waals surface area contributed by atoms with Gasteiger partial charge in [0.25, 0.3) is 5.91 Å². The molecule has 0 aliphatic carbocycles. The van der Waals surface area contributed by atoms with Gasteiger partial charge in [0.1, 0.15) is 10.6 Å². The van der Waals surface area contributed by atoms with Crippen molar-refractivity contribution in [2.24, 2.45) is 5.84 Å². The van der Waals surface area contributed by atoms with Crippen molar-refractivity contribution in [3.05, 3.63) is 18.0 Å². The van der Waals surface area contributed by atoms with Crippen LogP contribution in [-0.2, 0) is 14.8 Å². The molecule has 1 rings (SSSR count). The van der Waals surface area contributed by atoms with Crippen LogP contribution in [0, 0.1) is 0 Å². The molecule has 1 heterocycles. The molecule has 0 spiro atoms. The summed E-state index contributed by atoms with van der Waals surface area (Å²) < 4.78 is 31.6. The van der Waals surface area contributed by atoms with E-state index in [1.54, 1.807) is 0 Å². The SMILES string of the molecule is CC(C)OCCCNS(=O)(=O)c1c[nH]c(C(=O)NN)c1. The van der Waals surface area contributed by atoms with E-state index in [4.69, 9.17) is 10.6 Å². The highest BCUT2D eigenvalue weighted by atomic mass is 32.2. The van der Waals surface area contributed by atoms with Gasteiger partial charge in [0, 0.05) is 19.3 Å². The lowest BCUT2D eigenvalue weighted by atomic mass is 10.4. The predicted octanol–water partition coefficient (Wildman–Crippen LogP) is -0.288. The zero-order valence-corrected chi connectivity index (χ0v) is 12.3. The maximum atomic E-state index is 11.9.